The fraction of sp³-hybridized carbons (Fsp3) is 0.875. The molecule has 0 radical (unpaired) electrons. The first-order chi connectivity index (χ1) is 9.25. The van der Waals surface area contributed by atoms with Crippen molar-refractivity contribution in [3.05, 3.63) is 0 Å². The molecule has 0 aromatic carbocycles. The van der Waals surface area contributed by atoms with Gasteiger partial charge in [0.05, 0.1) is 0 Å². The van der Waals surface area contributed by atoms with Gasteiger partial charge in [-0.05, 0) is 38.5 Å². The van der Waals surface area contributed by atoms with Gasteiger partial charge in [0.2, 0.25) is 5.91 Å². The van der Waals surface area contributed by atoms with Crippen LogP contribution in [0.4, 0.5) is 0 Å². The number of carbonyl (C=O) groups excluding carboxylic acids is 2. The highest BCUT2D eigenvalue weighted by molar-refractivity contribution is 5.88. The van der Waals surface area contributed by atoms with Gasteiger partial charge in [0.15, 0.2) is 0 Å². The maximum Gasteiger partial charge on any atom is 0.225 e. The van der Waals surface area contributed by atoms with Crippen LogP contribution in [0, 0.1) is 17.8 Å². The average molecular weight is 263 g/mol. The van der Waals surface area contributed by atoms with Crippen molar-refractivity contribution in [1.29, 1.82) is 0 Å². The van der Waals surface area contributed by atoms with E-state index in [2.05, 4.69) is 4.90 Å². The SMILES string of the molecule is O=C1C2CCCC1CC(C(=O)N1CCCCCC1)C2. The van der Waals surface area contributed by atoms with E-state index in [0.717, 1.165) is 51.6 Å². The molecular formula is C16H25NO2. The standard InChI is InChI=1S/C16H25NO2/c18-15-12-6-5-7-13(15)11-14(10-12)16(19)17-8-3-1-2-4-9-17/h12-14H,1-11H2. The second kappa shape index (κ2) is 5.64. The Morgan fingerprint density at radius 3 is 2.05 bits per heavy atom. The average Bonchev–Trinajstić information content (AvgIpc) is 2.66. The van der Waals surface area contributed by atoms with Crippen molar-refractivity contribution < 1.29 is 9.59 Å². The van der Waals surface area contributed by atoms with Crippen LogP contribution < -0.4 is 0 Å². The van der Waals surface area contributed by atoms with Crippen LogP contribution in [0.15, 0.2) is 0 Å². The van der Waals surface area contributed by atoms with E-state index in [1.54, 1.807) is 0 Å². The fourth-order valence-corrected chi connectivity index (χ4v) is 4.23. The van der Waals surface area contributed by atoms with Crippen molar-refractivity contribution in [2.24, 2.45) is 17.8 Å². The predicted molar refractivity (Wildman–Crippen MR) is 73.6 cm³/mol. The smallest absolute Gasteiger partial charge is 0.225 e. The van der Waals surface area contributed by atoms with Gasteiger partial charge in [-0.25, -0.2) is 0 Å². The Kier molecular flexibility index (Phi) is 3.90. The summed E-state index contributed by atoms with van der Waals surface area (Å²) in [5.41, 5.74) is 0. The minimum atomic E-state index is 0.145. The summed E-state index contributed by atoms with van der Waals surface area (Å²) in [7, 11) is 0. The molecule has 106 valence electrons. The lowest BCUT2D eigenvalue weighted by molar-refractivity contribution is -0.143. The molecule has 19 heavy (non-hydrogen) atoms. The Bertz CT molecular complexity index is 342. The molecule has 1 saturated heterocycles. The summed E-state index contributed by atoms with van der Waals surface area (Å²) in [5, 5.41) is 0. The quantitative estimate of drug-likeness (QED) is 0.729. The summed E-state index contributed by atoms with van der Waals surface area (Å²) in [5.74, 6) is 1.37. The maximum atomic E-state index is 12.7. The number of carbonyl (C=O) groups is 2. The first-order valence-electron chi connectivity index (χ1n) is 8.08. The number of Topliss-reactive ketones (excluding diaryl/α,β-unsaturated/α-hetero) is 1. The van der Waals surface area contributed by atoms with Crippen molar-refractivity contribution in [2.45, 2.75) is 57.8 Å². The van der Waals surface area contributed by atoms with Gasteiger partial charge >= 0.3 is 0 Å². The number of rotatable bonds is 1. The van der Waals surface area contributed by atoms with Gasteiger partial charge in [0, 0.05) is 30.8 Å². The summed E-state index contributed by atoms with van der Waals surface area (Å²) in [4.78, 5) is 26.8. The number of amides is 1. The molecule has 2 bridgehead atoms. The molecule has 2 unspecified atom stereocenters. The van der Waals surface area contributed by atoms with Crippen molar-refractivity contribution in [1.82, 2.24) is 4.90 Å². The molecule has 3 fully saturated rings. The first kappa shape index (κ1) is 13.1. The molecule has 0 N–H and O–H groups in total. The normalized spacial score (nSPS) is 35.9. The summed E-state index contributed by atoms with van der Waals surface area (Å²) in [6, 6.07) is 0. The Balaban J connectivity index is 1.65. The monoisotopic (exact) mass is 263 g/mol. The van der Waals surface area contributed by atoms with E-state index in [4.69, 9.17) is 0 Å². The highest BCUT2D eigenvalue weighted by Crippen LogP contribution is 2.40. The minimum absolute atomic E-state index is 0.145. The Morgan fingerprint density at radius 1 is 0.895 bits per heavy atom. The minimum Gasteiger partial charge on any atom is -0.342 e. The highest BCUT2D eigenvalue weighted by atomic mass is 16.2. The molecule has 1 heterocycles. The van der Waals surface area contributed by atoms with E-state index < -0.39 is 0 Å². The molecule has 1 amide bonds. The van der Waals surface area contributed by atoms with Crippen LogP contribution >= 0.6 is 0 Å². The van der Waals surface area contributed by atoms with Gasteiger partial charge < -0.3 is 4.90 Å². The van der Waals surface area contributed by atoms with Gasteiger partial charge in [0.1, 0.15) is 5.78 Å². The van der Waals surface area contributed by atoms with Gasteiger partial charge in [-0.2, -0.15) is 0 Å². The van der Waals surface area contributed by atoms with Crippen LogP contribution in [0.1, 0.15) is 57.8 Å². The second-order valence-electron chi connectivity index (χ2n) is 6.63. The van der Waals surface area contributed by atoms with E-state index in [1.165, 1.54) is 19.3 Å². The lowest BCUT2D eigenvalue weighted by Crippen LogP contribution is -2.44. The van der Waals surface area contributed by atoms with E-state index in [0.29, 0.717) is 11.7 Å². The number of likely N-dealkylation sites (tertiary alicyclic amines) is 1. The lowest BCUT2D eigenvalue weighted by atomic mass is 9.67. The van der Waals surface area contributed by atoms with Gasteiger partial charge in [-0.3, -0.25) is 9.59 Å². The summed E-state index contributed by atoms with van der Waals surface area (Å²) < 4.78 is 0. The molecule has 2 atom stereocenters. The Morgan fingerprint density at radius 2 is 1.47 bits per heavy atom. The van der Waals surface area contributed by atoms with Gasteiger partial charge in [0.25, 0.3) is 0 Å². The van der Waals surface area contributed by atoms with Gasteiger partial charge in [-0.15, -0.1) is 0 Å². The van der Waals surface area contributed by atoms with E-state index in [9.17, 15) is 9.59 Å². The molecule has 1 aliphatic heterocycles. The van der Waals surface area contributed by atoms with Crippen molar-refractivity contribution in [3.8, 4) is 0 Å². The van der Waals surface area contributed by atoms with Crippen LogP contribution in [0.3, 0.4) is 0 Å². The Labute approximate surface area is 115 Å². The van der Waals surface area contributed by atoms with E-state index in [-0.39, 0.29) is 17.8 Å². The van der Waals surface area contributed by atoms with Crippen LogP contribution in [0.25, 0.3) is 0 Å². The third-order valence-electron chi connectivity index (χ3n) is 5.31. The molecule has 0 aromatic heterocycles. The molecule has 2 aliphatic carbocycles. The first-order valence-corrected chi connectivity index (χ1v) is 8.08. The third-order valence-corrected chi connectivity index (χ3v) is 5.31. The zero-order valence-corrected chi connectivity index (χ0v) is 11.8. The highest BCUT2D eigenvalue weighted by Gasteiger charge is 2.42. The van der Waals surface area contributed by atoms with Crippen molar-refractivity contribution in [3.63, 3.8) is 0 Å². The number of hydrogen-bond acceptors (Lipinski definition) is 2. The van der Waals surface area contributed by atoms with Crippen molar-refractivity contribution in [2.75, 3.05) is 13.1 Å². The zero-order valence-electron chi connectivity index (χ0n) is 11.8. The van der Waals surface area contributed by atoms with Gasteiger partial charge in [-0.1, -0.05) is 19.3 Å². The van der Waals surface area contributed by atoms with Crippen molar-refractivity contribution >= 4 is 11.7 Å². The molecule has 3 aliphatic rings. The molecule has 3 nitrogen and oxygen atoms in total. The predicted octanol–water partition coefficient (Wildman–Crippen LogP) is 2.78. The van der Waals surface area contributed by atoms with Crippen LogP contribution in [-0.4, -0.2) is 29.7 Å². The third kappa shape index (κ3) is 2.70. The van der Waals surface area contributed by atoms with Crippen LogP contribution in [0.2, 0.25) is 0 Å². The molecule has 2 saturated carbocycles. The molecule has 0 spiro atoms. The number of nitrogens with zero attached hydrogens (tertiary/aromatic N) is 1. The Hall–Kier alpha value is -0.860. The molecule has 3 heteroatoms. The topological polar surface area (TPSA) is 37.4 Å². The zero-order chi connectivity index (χ0) is 13.2. The largest absolute Gasteiger partial charge is 0.342 e. The second-order valence-corrected chi connectivity index (χ2v) is 6.63. The van der Waals surface area contributed by atoms with Crippen LogP contribution in [-0.2, 0) is 9.59 Å². The van der Waals surface area contributed by atoms with E-state index in [1.807, 2.05) is 0 Å². The fourth-order valence-electron chi connectivity index (χ4n) is 4.23. The van der Waals surface area contributed by atoms with Crippen LogP contribution in [0.5, 0.6) is 0 Å². The number of fused-ring (bicyclic) bond motifs is 2. The molecule has 3 rings (SSSR count). The maximum absolute atomic E-state index is 12.7. The summed E-state index contributed by atoms with van der Waals surface area (Å²) in [6.07, 6.45) is 9.75. The molecular weight excluding hydrogens is 238 g/mol. The summed E-state index contributed by atoms with van der Waals surface area (Å²) >= 11 is 0. The lowest BCUT2D eigenvalue weighted by Gasteiger charge is -2.38. The summed E-state index contributed by atoms with van der Waals surface area (Å²) in [6.45, 7) is 1.89. The molecule has 0 aromatic rings. The number of ketones is 1. The van der Waals surface area contributed by atoms with E-state index >= 15 is 0 Å². The number of hydrogen-bond donors (Lipinski definition) is 0.